The lowest BCUT2D eigenvalue weighted by Gasteiger charge is -2.47. The molecular weight excluding hydrogens is 286 g/mol. The molecule has 1 saturated heterocycles. The van der Waals surface area contributed by atoms with E-state index in [2.05, 4.69) is 60.5 Å². The van der Waals surface area contributed by atoms with Gasteiger partial charge in [0.25, 0.3) is 0 Å². The molecule has 0 aliphatic carbocycles. The van der Waals surface area contributed by atoms with Crippen LogP contribution in [0.25, 0.3) is 0 Å². The van der Waals surface area contributed by atoms with Crippen LogP contribution in [0.3, 0.4) is 0 Å². The smallest absolute Gasteiger partial charge is 0.302 e. The van der Waals surface area contributed by atoms with Crippen LogP contribution in [-0.4, -0.2) is 37.1 Å². The maximum Gasteiger partial charge on any atom is 0.302 e. The molecule has 0 aromatic heterocycles. The molecule has 23 heavy (non-hydrogen) atoms. The van der Waals surface area contributed by atoms with Gasteiger partial charge in [0.05, 0.1) is 5.41 Å². The Bertz CT molecular complexity index is 614. The van der Waals surface area contributed by atoms with E-state index in [-0.39, 0.29) is 17.5 Å². The van der Waals surface area contributed by atoms with Crippen molar-refractivity contribution in [3.8, 4) is 0 Å². The molecule has 0 bridgehead atoms. The number of nitrogens with zero attached hydrogens (tertiary/aromatic N) is 1. The number of likely N-dealkylation sites (N-methyl/N-ethyl adjacent to an activating group) is 1. The zero-order valence-electron chi connectivity index (χ0n) is 13.7. The molecule has 3 heteroatoms. The molecule has 1 aliphatic heterocycles. The molecule has 1 heterocycles. The van der Waals surface area contributed by atoms with Gasteiger partial charge in [0.2, 0.25) is 0 Å². The summed E-state index contributed by atoms with van der Waals surface area (Å²) in [4.78, 5) is 14.0. The van der Waals surface area contributed by atoms with Crippen molar-refractivity contribution in [2.45, 2.75) is 24.9 Å². The van der Waals surface area contributed by atoms with Crippen LogP contribution in [0.5, 0.6) is 0 Å². The highest BCUT2D eigenvalue weighted by Crippen LogP contribution is 2.43. The van der Waals surface area contributed by atoms with Gasteiger partial charge in [-0.1, -0.05) is 60.7 Å². The van der Waals surface area contributed by atoms with Crippen molar-refractivity contribution in [3.63, 3.8) is 0 Å². The number of hydrogen-bond donors (Lipinski definition) is 0. The van der Waals surface area contributed by atoms with Crippen LogP contribution in [0.2, 0.25) is 0 Å². The van der Waals surface area contributed by atoms with Gasteiger partial charge >= 0.3 is 5.97 Å². The van der Waals surface area contributed by atoms with Crippen LogP contribution in [-0.2, 0) is 14.9 Å². The predicted octanol–water partition coefficient (Wildman–Crippen LogP) is 3.24. The Hall–Kier alpha value is -2.13. The molecule has 1 aliphatic rings. The van der Waals surface area contributed by atoms with Gasteiger partial charge in [-0.05, 0) is 31.1 Å². The van der Waals surface area contributed by atoms with Gasteiger partial charge in [-0.2, -0.15) is 0 Å². The van der Waals surface area contributed by atoms with Crippen LogP contribution in [0.1, 0.15) is 24.5 Å². The number of likely N-dealkylation sites (tertiary alicyclic amines) is 1. The summed E-state index contributed by atoms with van der Waals surface area (Å²) in [6.07, 6.45) is 0.735. The van der Waals surface area contributed by atoms with E-state index in [9.17, 15) is 4.79 Å². The Morgan fingerprint density at radius 2 is 1.57 bits per heavy atom. The average Bonchev–Trinajstić information content (AvgIpc) is 2.56. The summed E-state index contributed by atoms with van der Waals surface area (Å²) in [5, 5.41) is 0. The van der Waals surface area contributed by atoms with E-state index in [0.717, 1.165) is 19.5 Å². The molecule has 2 aromatic carbocycles. The van der Waals surface area contributed by atoms with E-state index < -0.39 is 0 Å². The average molecular weight is 309 g/mol. The fraction of sp³-hybridized carbons (Fsp3) is 0.350. The molecule has 120 valence electrons. The third-order valence-corrected chi connectivity index (χ3v) is 4.80. The fourth-order valence-electron chi connectivity index (χ4n) is 3.69. The summed E-state index contributed by atoms with van der Waals surface area (Å²) in [7, 11) is 2.08. The first-order valence-corrected chi connectivity index (χ1v) is 8.10. The van der Waals surface area contributed by atoms with Gasteiger partial charge in [-0.15, -0.1) is 0 Å². The number of carbonyl (C=O) groups is 1. The van der Waals surface area contributed by atoms with E-state index in [1.165, 1.54) is 18.1 Å². The molecule has 3 nitrogen and oxygen atoms in total. The molecule has 3 rings (SSSR count). The Morgan fingerprint density at radius 3 is 2.04 bits per heavy atom. The predicted molar refractivity (Wildman–Crippen MR) is 91.3 cm³/mol. The topological polar surface area (TPSA) is 29.5 Å². The van der Waals surface area contributed by atoms with Crippen molar-refractivity contribution in [2.75, 3.05) is 20.1 Å². The summed E-state index contributed by atoms with van der Waals surface area (Å²) >= 11 is 0. The molecule has 0 saturated carbocycles. The van der Waals surface area contributed by atoms with Crippen molar-refractivity contribution in [1.82, 2.24) is 4.90 Å². The molecule has 0 spiro atoms. The largest absolute Gasteiger partial charge is 0.460 e. The normalized spacial score (nSPS) is 20.9. The number of esters is 1. The fourth-order valence-corrected chi connectivity index (χ4v) is 3.69. The lowest BCUT2D eigenvalue weighted by molar-refractivity contribution is -0.152. The van der Waals surface area contributed by atoms with Crippen molar-refractivity contribution >= 4 is 5.97 Å². The van der Waals surface area contributed by atoms with E-state index >= 15 is 0 Å². The van der Waals surface area contributed by atoms with E-state index in [1.807, 2.05) is 12.1 Å². The lowest BCUT2D eigenvalue weighted by Crippen LogP contribution is -2.54. The summed E-state index contributed by atoms with van der Waals surface area (Å²) in [6, 6.07) is 20.9. The van der Waals surface area contributed by atoms with Crippen molar-refractivity contribution in [2.24, 2.45) is 0 Å². The number of benzene rings is 2. The summed E-state index contributed by atoms with van der Waals surface area (Å²) < 4.78 is 5.81. The first kappa shape index (κ1) is 15.8. The minimum atomic E-state index is -0.291. The molecular formula is C20H23NO2. The molecule has 0 amide bonds. The van der Waals surface area contributed by atoms with Crippen LogP contribution in [0.15, 0.2) is 60.7 Å². The number of carbonyl (C=O) groups excluding carboxylic acids is 1. The van der Waals surface area contributed by atoms with Gasteiger partial charge in [-0.3, -0.25) is 4.79 Å². The van der Waals surface area contributed by atoms with E-state index in [1.54, 1.807) is 0 Å². The first-order valence-electron chi connectivity index (χ1n) is 8.10. The summed E-state index contributed by atoms with van der Waals surface area (Å²) in [5.74, 6) is -0.221. The Balaban J connectivity index is 2.15. The standard InChI is InChI=1S/C20H23NO2/c1-16(22)23-19-15-21(2)14-13-20(19,17-9-5-3-6-10-17)18-11-7-4-8-12-18/h3-12,19H,13-15H2,1-2H3. The van der Waals surface area contributed by atoms with Gasteiger partial charge in [0.15, 0.2) is 0 Å². The molecule has 1 fully saturated rings. The van der Waals surface area contributed by atoms with E-state index in [4.69, 9.17) is 4.74 Å². The van der Waals surface area contributed by atoms with Gasteiger partial charge in [0.1, 0.15) is 6.10 Å². The SMILES string of the molecule is CC(=O)OC1CN(C)CCC1(c1ccccc1)c1ccccc1. The first-order chi connectivity index (χ1) is 11.1. The number of piperidine rings is 1. The second kappa shape index (κ2) is 6.55. The quantitative estimate of drug-likeness (QED) is 0.815. The van der Waals surface area contributed by atoms with Crippen LogP contribution < -0.4 is 0 Å². The highest BCUT2D eigenvalue weighted by atomic mass is 16.5. The van der Waals surface area contributed by atoms with Crippen molar-refractivity contribution < 1.29 is 9.53 Å². The zero-order chi connectivity index (χ0) is 16.3. The number of hydrogen-bond acceptors (Lipinski definition) is 3. The van der Waals surface area contributed by atoms with E-state index in [0.29, 0.717) is 0 Å². The Labute approximate surface area is 137 Å². The van der Waals surface area contributed by atoms with Crippen LogP contribution in [0.4, 0.5) is 0 Å². The Morgan fingerprint density at radius 1 is 1.04 bits per heavy atom. The molecule has 1 unspecified atom stereocenters. The maximum absolute atomic E-state index is 11.7. The van der Waals surface area contributed by atoms with Crippen LogP contribution >= 0.6 is 0 Å². The summed E-state index contributed by atoms with van der Waals surface area (Å²) in [5.41, 5.74) is 2.14. The third-order valence-electron chi connectivity index (χ3n) is 4.80. The third kappa shape index (κ3) is 3.02. The maximum atomic E-state index is 11.7. The highest BCUT2D eigenvalue weighted by Gasteiger charge is 2.47. The van der Waals surface area contributed by atoms with Gasteiger partial charge in [-0.25, -0.2) is 0 Å². The zero-order valence-corrected chi connectivity index (χ0v) is 13.7. The molecule has 0 N–H and O–H groups in total. The van der Waals surface area contributed by atoms with Crippen LogP contribution in [0, 0.1) is 0 Å². The molecule has 0 radical (unpaired) electrons. The second-order valence-corrected chi connectivity index (χ2v) is 6.31. The molecule has 1 atom stereocenters. The summed E-state index contributed by atoms with van der Waals surface area (Å²) in [6.45, 7) is 3.21. The van der Waals surface area contributed by atoms with Crippen molar-refractivity contribution in [3.05, 3.63) is 71.8 Å². The molecule has 2 aromatic rings. The highest BCUT2D eigenvalue weighted by molar-refractivity contribution is 5.66. The van der Waals surface area contributed by atoms with Gasteiger partial charge in [0, 0.05) is 13.5 Å². The Kier molecular flexibility index (Phi) is 4.49. The minimum absolute atomic E-state index is 0.191. The monoisotopic (exact) mass is 309 g/mol. The number of rotatable bonds is 3. The second-order valence-electron chi connectivity index (χ2n) is 6.31. The van der Waals surface area contributed by atoms with Crippen molar-refractivity contribution in [1.29, 1.82) is 0 Å². The van der Waals surface area contributed by atoms with Gasteiger partial charge < -0.3 is 9.64 Å². The lowest BCUT2D eigenvalue weighted by atomic mass is 9.66. The minimum Gasteiger partial charge on any atom is -0.460 e. The number of ether oxygens (including phenoxy) is 1.